The van der Waals surface area contributed by atoms with Crippen molar-refractivity contribution in [1.82, 2.24) is 0 Å². The van der Waals surface area contributed by atoms with Crippen LogP contribution in [-0.4, -0.2) is 17.2 Å². The molecule has 0 spiro atoms. The van der Waals surface area contributed by atoms with Crippen molar-refractivity contribution in [3.63, 3.8) is 0 Å². The van der Waals surface area contributed by atoms with Gasteiger partial charge >= 0.3 is 6.18 Å². The summed E-state index contributed by atoms with van der Waals surface area (Å²) in [5, 5.41) is 0. The van der Waals surface area contributed by atoms with Gasteiger partial charge in [-0.25, -0.2) is 4.39 Å². The standard InChI is InChI=1S/C4Br4Cl2F4/c5-1(6,3(8,9)10)2(7,11)4(12,13)14. The SMILES string of the molecule is FC(F)(F)C(F)(Br)C(Br)(Br)C(Cl)(Cl)Br. The van der Waals surface area contributed by atoms with E-state index in [2.05, 4.69) is 47.8 Å². The van der Waals surface area contributed by atoms with E-state index in [1.54, 1.807) is 0 Å². The van der Waals surface area contributed by atoms with E-state index < -0.39 is 17.2 Å². The van der Waals surface area contributed by atoms with Gasteiger partial charge in [-0.05, 0) is 31.9 Å². The molecule has 0 amide bonds. The van der Waals surface area contributed by atoms with Crippen LogP contribution in [-0.2, 0) is 0 Å². The van der Waals surface area contributed by atoms with E-state index in [9.17, 15) is 17.6 Å². The average molecular weight is 515 g/mol. The van der Waals surface area contributed by atoms with Crippen LogP contribution in [0.4, 0.5) is 17.6 Å². The monoisotopic (exact) mass is 510 g/mol. The number of alkyl halides is 10. The van der Waals surface area contributed by atoms with Gasteiger partial charge < -0.3 is 0 Å². The molecule has 0 radical (unpaired) electrons. The van der Waals surface area contributed by atoms with Gasteiger partial charge in [0.2, 0.25) is 3.24 Å². The molecule has 0 nitrogen and oxygen atoms in total. The van der Waals surface area contributed by atoms with Crippen LogP contribution in [0, 0.1) is 0 Å². The number of hydrogen-bond donors (Lipinski definition) is 0. The van der Waals surface area contributed by atoms with E-state index in [1.807, 2.05) is 15.9 Å². The average Bonchev–Trinajstić information content (AvgIpc) is 1.81. The fourth-order valence-corrected chi connectivity index (χ4v) is 2.13. The third-order valence-electron chi connectivity index (χ3n) is 1.11. The minimum absolute atomic E-state index is 1.88. The van der Waals surface area contributed by atoms with Crippen LogP contribution in [0.15, 0.2) is 0 Å². The fourth-order valence-electron chi connectivity index (χ4n) is 0.356. The lowest BCUT2D eigenvalue weighted by atomic mass is 10.3. The second-order valence-electron chi connectivity index (χ2n) is 2.14. The molecule has 0 saturated heterocycles. The fraction of sp³-hybridized carbons (Fsp3) is 1.00. The van der Waals surface area contributed by atoms with Crippen LogP contribution in [0.5, 0.6) is 0 Å². The lowest BCUT2D eigenvalue weighted by molar-refractivity contribution is -0.192. The molecule has 1 unspecified atom stereocenters. The quantitative estimate of drug-likeness (QED) is 0.332. The second-order valence-corrected chi connectivity index (χ2v) is 10.1. The molecule has 0 fully saturated rings. The van der Waals surface area contributed by atoms with E-state index in [-0.39, 0.29) is 0 Å². The summed E-state index contributed by atoms with van der Waals surface area (Å²) in [4.78, 5) is 0. The highest BCUT2D eigenvalue weighted by molar-refractivity contribution is 9.27. The predicted molar refractivity (Wildman–Crippen MR) is 62.8 cm³/mol. The zero-order chi connectivity index (χ0) is 12.0. The largest absolute Gasteiger partial charge is 0.435 e. The van der Waals surface area contributed by atoms with Crippen LogP contribution in [0.2, 0.25) is 0 Å². The van der Waals surface area contributed by atoms with Crippen molar-refractivity contribution in [1.29, 1.82) is 0 Å². The van der Waals surface area contributed by atoms with Gasteiger partial charge in [-0.3, -0.25) is 0 Å². The Labute approximate surface area is 121 Å². The highest BCUT2D eigenvalue weighted by Gasteiger charge is 2.71. The zero-order valence-corrected chi connectivity index (χ0v) is 13.6. The van der Waals surface area contributed by atoms with Gasteiger partial charge in [0.05, 0.1) is 0 Å². The molecular formula is C4Br4Cl2F4. The molecule has 0 heterocycles. The molecule has 0 aromatic heterocycles. The maximum Gasteiger partial charge on any atom is 0.435 e. The van der Waals surface area contributed by atoms with Crippen LogP contribution < -0.4 is 0 Å². The highest BCUT2D eigenvalue weighted by Crippen LogP contribution is 2.63. The van der Waals surface area contributed by atoms with E-state index in [1.165, 1.54) is 0 Å². The van der Waals surface area contributed by atoms with Crippen LogP contribution in [0.3, 0.4) is 0 Å². The Bertz CT molecular complexity index is 196. The third-order valence-corrected chi connectivity index (χ3v) is 8.64. The molecule has 0 N–H and O–H groups in total. The van der Waals surface area contributed by atoms with Gasteiger partial charge in [-0.15, -0.1) is 0 Å². The summed E-state index contributed by atoms with van der Waals surface area (Å²) in [6.45, 7) is 0. The van der Waals surface area contributed by atoms with Crippen LogP contribution >= 0.6 is 86.9 Å². The maximum absolute atomic E-state index is 13.4. The molecule has 0 aliphatic rings. The molecule has 1 atom stereocenters. The molecule has 0 saturated carbocycles. The molecule has 0 aromatic carbocycles. The summed E-state index contributed by atoms with van der Waals surface area (Å²) in [5.74, 6) is 0. The second kappa shape index (κ2) is 4.48. The minimum atomic E-state index is -5.21. The molecule has 0 rings (SSSR count). The molecule has 86 valence electrons. The van der Waals surface area contributed by atoms with Crippen LogP contribution in [0.1, 0.15) is 0 Å². The Hall–Kier alpha value is 2.22. The van der Waals surface area contributed by atoms with Gasteiger partial charge in [0.1, 0.15) is 0 Å². The summed E-state index contributed by atoms with van der Waals surface area (Å²) in [5.41, 5.74) is 0. The van der Waals surface area contributed by atoms with Crippen molar-refractivity contribution < 1.29 is 17.6 Å². The Morgan fingerprint density at radius 1 is 0.786 bits per heavy atom. The topological polar surface area (TPSA) is 0 Å². The first-order valence-electron chi connectivity index (χ1n) is 2.64. The van der Waals surface area contributed by atoms with E-state index in [0.717, 1.165) is 0 Å². The van der Waals surface area contributed by atoms with Crippen molar-refractivity contribution in [2.45, 2.75) is 17.2 Å². The van der Waals surface area contributed by atoms with Crippen molar-refractivity contribution in [2.24, 2.45) is 0 Å². The van der Waals surface area contributed by atoms with Gasteiger partial charge in [0.15, 0.2) is 3.23 Å². The summed E-state index contributed by atoms with van der Waals surface area (Å²) in [6, 6.07) is 0. The summed E-state index contributed by atoms with van der Waals surface area (Å²) in [6.07, 6.45) is -5.21. The molecule has 0 aliphatic carbocycles. The number of rotatable bonds is 2. The Morgan fingerprint density at radius 3 is 1.14 bits per heavy atom. The van der Waals surface area contributed by atoms with Gasteiger partial charge in [-0.1, -0.05) is 55.1 Å². The molecule has 0 aliphatic heterocycles. The molecule has 0 bridgehead atoms. The lowest BCUT2D eigenvalue weighted by Gasteiger charge is -2.38. The molecular weight excluding hydrogens is 515 g/mol. The summed E-state index contributed by atoms with van der Waals surface area (Å²) >= 11 is 19.9. The Balaban J connectivity index is 5.30. The highest BCUT2D eigenvalue weighted by atomic mass is 79.9. The van der Waals surface area contributed by atoms with Crippen LogP contribution in [0.25, 0.3) is 0 Å². The van der Waals surface area contributed by atoms with E-state index >= 15 is 0 Å². The van der Waals surface area contributed by atoms with Crippen molar-refractivity contribution >= 4 is 86.9 Å². The third kappa shape index (κ3) is 2.91. The Morgan fingerprint density at radius 2 is 1.07 bits per heavy atom. The summed E-state index contributed by atoms with van der Waals surface area (Å²) < 4.78 is 41.5. The van der Waals surface area contributed by atoms with Gasteiger partial charge in [0, 0.05) is 0 Å². The zero-order valence-electron chi connectivity index (χ0n) is 5.78. The van der Waals surface area contributed by atoms with Crippen molar-refractivity contribution in [3.8, 4) is 0 Å². The first-order chi connectivity index (χ1) is 5.75. The molecule has 0 aromatic rings. The number of halogens is 10. The van der Waals surface area contributed by atoms with Gasteiger partial charge in [-0.2, -0.15) is 13.2 Å². The van der Waals surface area contributed by atoms with Crippen molar-refractivity contribution in [3.05, 3.63) is 0 Å². The van der Waals surface area contributed by atoms with E-state index in [0.29, 0.717) is 0 Å². The predicted octanol–water partition coefficient (Wildman–Crippen LogP) is 5.62. The first-order valence-corrected chi connectivity index (χ1v) is 6.57. The molecule has 10 heteroatoms. The summed E-state index contributed by atoms with van der Waals surface area (Å²) in [7, 11) is 0. The normalized spacial score (nSPS) is 19.3. The Kier molecular flexibility index (Phi) is 5.19. The minimum Gasteiger partial charge on any atom is -0.218 e. The molecule has 14 heavy (non-hydrogen) atoms. The smallest absolute Gasteiger partial charge is 0.218 e. The first kappa shape index (κ1) is 16.2. The van der Waals surface area contributed by atoms with Crippen molar-refractivity contribution in [2.75, 3.05) is 0 Å². The van der Waals surface area contributed by atoms with Gasteiger partial charge in [0.25, 0.3) is 4.58 Å². The maximum atomic E-state index is 13.4. The lowest BCUT2D eigenvalue weighted by Crippen LogP contribution is -2.54. The van der Waals surface area contributed by atoms with E-state index in [4.69, 9.17) is 23.2 Å². The number of hydrogen-bond acceptors (Lipinski definition) is 0.